The smallest absolute Gasteiger partial charge is 0.258 e. The van der Waals surface area contributed by atoms with Gasteiger partial charge in [0.25, 0.3) is 5.69 Å². The summed E-state index contributed by atoms with van der Waals surface area (Å²) in [5, 5.41) is 11.2. The highest BCUT2D eigenvalue weighted by atomic mass is 16.6. The van der Waals surface area contributed by atoms with E-state index in [-0.39, 0.29) is 10.6 Å². The Balaban J connectivity index is 1.89. The maximum Gasteiger partial charge on any atom is 0.277 e. The molecule has 0 saturated carbocycles. The third kappa shape index (κ3) is 3.70. The minimum absolute atomic E-state index is 0.106. The molecule has 0 aliphatic heterocycles. The predicted molar refractivity (Wildman–Crippen MR) is 106 cm³/mol. The standard InChI is InChI=1S/C22H20N2O2/c1-15-12-16(2)21(17(3)13-15)14-23-19-10-8-18(9-11-19)20-6-4-5-7-22(20)24(25)26/h4-14H,1-3H3. The van der Waals surface area contributed by atoms with Crippen molar-refractivity contribution in [3.8, 4) is 11.1 Å². The second-order valence-electron chi connectivity index (χ2n) is 6.39. The summed E-state index contributed by atoms with van der Waals surface area (Å²) in [4.78, 5) is 15.4. The molecular weight excluding hydrogens is 324 g/mol. The fraction of sp³-hybridized carbons (Fsp3) is 0.136. The fourth-order valence-corrected chi connectivity index (χ4v) is 3.14. The Morgan fingerprint density at radius 1 is 0.923 bits per heavy atom. The van der Waals surface area contributed by atoms with Crippen LogP contribution in [0.25, 0.3) is 11.1 Å². The molecule has 0 N–H and O–H groups in total. The molecule has 3 rings (SSSR count). The van der Waals surface area contributed by atoms with Crippen LogP contribution in [-0.4, -0.2) is 11.1 Å². The molecule has 0 radical (unpaired) electrons. The van der Waals surface area contributed by atoms with E-state index in [1.165, 1.54) is 22.8 Å². The number of hydrogen-bond acceptors (Lipinski definition) is 3. The van der Waals surface area contributed by atoms with Crippen molar-refractivity contribution in [1.29, 1.82) is 0 Å². The molecule has 26 heavy (non-hydrogen) atoms. The van der Waals surface area contributed by atoms with E-state index in [1.54, 1.807) is 18.2 Å². The minimum Gasteiger partial charge on any atom is -0.258 e. The molecule has 0 aliphatic carbocycles. The molecule has 4 nitrogen and oxygen atoms in total. The Labute approximate surface area is 153 Å². The molecule has 0 aliphatic rings. The van der Waals surface area contributed by atoms with Gasteiger partial charge in [-0.1, -0.05) is 42.0 Å². The summed E-state index contributed by atoms with van der Waals surface area (Å²) in [7, 11) is 0. The zero-order chi connectivity index (χ0) is 18.7. The lowest BCUT2D eigenvalue weighted by molar-refractivity contribution is -0.384. The van der Waals surface area contributed by atoms with Crippen LogP contribution in [0.1, 0.15) is 22.3 Å². The molecule has 0 amide bonds. The first-order valence-corrected chi connectivity index (χ1v) is 8.41. The van der Waals surface area contributed by atoms with Crippen LogP contribution in [0.3, 0.4) is 0 Å². The van der Waals surface area contributed by atoms with E-state index in [1.807, 2.05) is 30.5 Å². The molecule has 0 spiro atoms. The molecule has 0 unspecified atom stereocenters. The van der Waals surface area contributed by atoms with Crippen molar-refractivity contribution in [3.05, 3.63) is 93.0 Å². The first-order valence-electron chi connectivity index (χ1n) is 8.41. The van der Waals surface area contributed by atoms with Crippen LogP contribution in [0.4, 0.5) is 11.4 Å². The number of nitro groups is 1. The van der Waals surface area contributed by atoms with Gasteiger partial charge in [-0.15, -0.1) is 0 Å². The maximum absolute atomic E-state index is 11.2. The Hall–Kier alpha value is -3.27. The van der Waals surface area contributed by atoms with Crippen LogP contribution < -0.4 is 0 Å². The number of hydrogen-bond donors (Lipinski definition) is 0. The summed E-state index contributed by atoms with van der Waals surface area (Å²) in [6, 6.07) is 18.5. The van der Waals surface area contributed by atoms with Crippen LogP contribution in [0.2, 0.25) is 0 Å². The van der Waals surface area contributed by atoms with Crippen molar-refractivity contribution in [2.75, 3.05) is 0 Å². The highest BCUT2D eigenvalue weighted by Gasteiger charge is 2.13. The normalized spacial score (nSPS) is 11.0. The number of nitrogens with zero attached hydrogens (tertiary/aromatic N) is 2. The van der Waals surface area contributed by atoms with Gasteiger partial charge in [-0.2, -0.15) is 0 Å². The SMILES string of the molecule is Cc1cc(C)c(C=Nc2ccc(-c3ccccc3[N+](=O)[O-])cc2)c(C)c1. The number of aliphatic imine (C=N–C) groups is 1. The average molecular weight is 344 g/mol. The Bertz CT molecular complexity index is 966. The molecular formula is C22H20N2O2. The van der Waals surface area contributed by atoms with Crippen LogP contribution in [0.5, 0.6) is 0 Å². The summed E-state index contributed by atoms with van der Waals surface area (Å²) < 4.78 is 0. The first kappa shape index (κ1) is 17.5. The number of para-hydroxylation sites is 1. The second-order valence-corrected chi connectivity index (χ2v) is 6.39. The molecule has 130 valence electrons. The molecule has 0 saturated heterocycles. The molecule has 0 heterocycles. The van der Waals surface area contributed by atoms with Crippen LogP contribution >= 0.6 is 0 Å². The number of aryl methyl sites for hydroxylation is 3. The fourth-order valence-electron chi connectivity index (χ4n) is 3.14. The van der Waals surface area contributed by atoms with Gasteiger partial charge in [0.1, 0.15) is 0 Å². The highest BCUT2D eigenvalue weighted by Crippen LogP contribution is 2.30. The average Bonchev–Trinajstić information content (AvgIpc) is 2.61. The monoisotopic (exact) mass is 344 g/mol. The van der Waals surface area contributed by atoms with Crippen LogP contribution in [0.15, 0.2) is 65.7 Å². The van der Waals surface area contributed by atoms with Gasteiger partial charge in [-0.3, -0.25) is 15.1 Å². The van der Waals surface area contributed by atoms with E-state index in [4.69, 9.17) is 0 Å². The summed E-state index contributed by atoms with van der Waals surface area (Å²) in [6.07, 6.45) is 1.88. The molecule has 3 aromatic rings. The van der Waals surface area contributed by atoms with E-state index in [0.29, 0.717) is 5.56 Å². The van der Waals surface area contributed by atoms with E-state index in [0.717, 1.165) is 16.8 Å². The Kier molecular flexibility index (Phi) is 4.94. The molecule has 0 aromatic heterocycles. The van der Waals surface area contributed by atoms with Gasteiger partial charge in [-0.05, 0) is 61.2 Å². The third-order valence-electron chi connectivity index (χ3n) is 4.36. The van der Waals surface area contributed by atoms with Gasteiger partial charge in [0.2, 0.25) is 0 Å². The zero-order valence-corrected chi connectivity index (χ0v) is 15.1. The molecule has 0 bridgehead atoms. The largest absolute Gasteiger partial charge is 0.277 e. The molecule has 0 fully saturated rings. The predicted octanol–water partition coefficient (Wildman–Crippen LogP) is 5.94. The van der Waals surface area contributed by atoms with Crippen molar-refractivity contribution in [1.82, 2.24) is 0 Å². The lowest BCUT2D eigenvalue weighted by Gasteiger charge is -2.07. The summed E-state index contributed by atoms with van der Waals surface area (Å²) in [6.45, 7) is 6.25. The van der Waals surface area contributed by atoms with Crippen LogP contribution in [0, 0.1) is 30.9 Å². The van der Waals surface area contributed by atoms with E-state index >= 15 is 0 Å². The summed E-state index contributed by atoms with van der Waals surface area (Å²) in [5.41, 5.74) is 7.09. The van der Waals surface area contributed by atoms with Crippen molar-refractivity contribution in [2.45, 2.75) is 20.8 Å². The van der Waals surface area contributed by atoms with Gasteiger partial charge in [0.05, 0.1) is 16.2 Å². The summed E-state index contributed by atoms with van der Waals surface area (Å²) >= 11 is 0. The summed E-state index contributed by atoms with van der Waals surface area (Å²) in [5.74, 6) is 0. The van der Waals surface area contributed by atoms with Crippen molar-refractivity contribution in [3.63, 3.8) is 0 Å². The minimum atomic E-state index is -0.357. The van der Waals surface area contributed by atoms with Crippen molar-refractivity contribution < 1.29 is 4.92 Å². The highest BCUT2D eigenvalue weighted by molar-refractivity contribution is 5.86. The first-order chi connectivity index (χ1) is 12.5. The second kappa shape index (κ2) is 7.31. The number of benzene rings is 3. The Morgan fingerprint density at radius 2 is 1.54 bits per heavy atom. The molecule has 0 atom stereocenters. The quantitative estimate of drug-likeness (QED) is 0.334. The number of rotatable bonds is 4. The molecule has 4 heteroatoms. The van der Waals surface area contributed by atoms with Gasteiger partial charge >= 0.3 is 0 Å². The Morgan fingerprint density at radius 3 is 2.15 bits per heavy atom. The topological polar surface area (TPSA) is 55.5 Å². The van der Waals surface area contributed by atoms with Crippen molar-refractivity contribution >= 4 is 17.6 Å². The van der Waals surface area contributed by atoms with E-state index in [9.17, 15) is 10.1 Å². The van der Waals surface area contributed by atoms with Gasteiger partial charge < -0.3 is 0 Å². The van der Waals surface area contributed by atoms with Crippen LogP contribution in [-0.2, 0) is 0 Å². The third-order valence-corrected chi connectivity index (χ3v) is 4.36. The van der Waals surface area contributed by atoms with Gasteiger partial charge in [-0.25, -0.2) is 0 Å². The maximum atomic E-state index is 11.2. The van der Waals surface area contributed by atoms with E-state index in [2.05, 4.69) is 37.9 Å². The lowest BCUT2D eigenvalue weighted by Crippen LogP contribution is -1.93. The lowest BCUT2D eigenvalue weighted by atomic mass is 10.0. The molecule has 3 aromatic carbocycles. The van der Waals surface area contributed by atoms with Gasteiger partial charge in [0.15, 0.2) is 0 Å². The van der Waals surface area contributed by atoms with Gasteiger partial charge in [0, 0.05) is 12.3 Å². The van der Waals surface area contributed by atoms with E-state index < -0.39 is 0 Å². The zero-order valence-electron chi connectivity index (χ0n) is 15.1. The van der Waals surface area contributed by atoms with Crippen molar-refractivity contribution in [2.24, 2.45) is 4.99 Å². The number of nitro benzene ring substituents is 1.